The van der Waals surface area contributed by atoms with Gasteiger partial charge in [-0.1, -0.05) is 23.2 Å². The van der Waals surface area contributed by atoms with Crippen LogP contribution in [0.15, 0.2) is 45.9 Å². The summed E-state index contributed by atoms with van der Waals surface area (Å²) in [7, 11) is 0. The molecule has 110 valence electrons. The topological polar surface area (TPSA) is 121 Å². The Morgan fingerprint density at radius 1 is 1.36 bits per heavy atom. The monoisotopic (exact) mass is 300 g/mol. The highest BCUT2D eigenvalue weighted by molar-refractivity contribution is 5.97. The molecule has 3 rings (SSSR count). The Labute approximate surface area is 122 Å². The zero-order valence-corrected chi connectivity index (χ0v) is 11.0. The Morgan fingerprint density at radius 3 is 2.86 bits per heavy atom. The molecule has 0 saturated heterocycles. The number of rotatable bonds is 4. The lowest BCUT2D eigenvalue weighted by molar-refractivity contribution is -0.394. The maximum Gasteiger partial charge on any atom is 0.490 e. The Kier molecular flexibility index (Phi) is 3.22. The Morgan fingerprint density at radius 2 is 2.14 bits per heavy atom. The van der Waals surface area contributed by atoms with Crippen molar-refractivity contribution in [2.24, 2.45) is 0 Å². The van der Waals surface area contributed by atoms with Crippen molar-refractivity contribution in [2.75, 3.05) is 0 Å². The van der Waals surface area contributed by atoms with Gasteiger partial charge in [0.05, 0.1) is 0 Å². The van der Waals surface area contributed by atoms with Crippen molar-refractivity contribution in [1.82, 2.24) is 14.8 Å². The van der Waals surface area contributed by atoms with Crippen LogP contribution < -0.4 is 5.63 Å². The van der Waals surface area contributed by atoms with E-state index in [1.54, 1.807) is 24.3 Å². The number of Topliss-reactive ketones (excluding diaryl/α,β-unsaturated/α-hetero) is 1. The van der Waals surface area contributed by atoms with Crippen LogP contribution in [0.25, 0.3) is 11.0 Å². The van der Waals surface area contributed by atoms with Crippen LogP contribution in [0, 0.1) is 10.1 Å². The first kappa shape index (κ1) is 13.6. The summed E-state index contributed by atoms with van der Waals surface area (Å²) in [5.74, 6) is -1.18. The largest absolute Gasteiger partial charge is 0.490 e. The first-order chi connectivity index (χ1) is 10.5. The van der Waals surface area contributed by atoms with E-state index in [0.717, 1.165) is 11.0 Å². The summed E-state index contributed by atoms with van der Waals surface area (Å²) in [5, 5.41) is 14.6. The predicted octanol–water partition coefficient (Wildman–Crippen LogP) is 1.18. The van der Waals surface area contributed by atoms with Gasteiger partial charge in [0, 0.05) is 10.5 Å². The first-order valence-corrected chi connectivity index (χ1v) is 6.14. The number of benzene rings is 1. The number of para-hydroxylation sites is 1. The van der Waals surface area contributed by atoms with E-state index in [1.165, 1.54) is 6.07 Å². The molecule has 9 nitrogen and oxygen atoms in total. The molecule has 0 aliphatic rings. The van der Waals surface area contributed by atoms with Crippen LogP contribution in [0.2, 0.25) is 0 Å². The minimum absolute atomic E-state index is 0.142. The van der Waals surface area contributed by atoms with Gasteiger partial charge in [0.15, 0.2) is 5.78 Å². The molecule has 0 bridgehead atoms. The first-order valence-electron chi connectivity index (χ1n) is 6.14. The van der Waals surface area contributed by atoms with Gasteiger partial charge in [-0.2, -0.15) is 4.68 Å². The third kappa shape index (κ3) is 2.46. The van der Waals surface area contributed by atoms with Crippen LogP contribution in [0.3, 0.4) is 0 Å². The molecule has 0 saturated carbocycles. The standard InChI is InChI=1S/C13H8N4O5/c18-10(6-16-7-14-13(15-16)17(20)21)9-5-8-3-1-2-4-11(8)22-12(9)19/h1-5,7H,6H2. The number of hydrogen-bond acceptors (Lipinski definition) is 7. The number of carbonyl (C=O) groups excluding carboxylic acids is 1. The minimum atomic E-state index is -0.772. The summed E-state index contributed by atoms with van der Waals surface area (Å²) in [4.78, 5) is 37.1. The lowest BCUT2D eigenvalue weighted by Gasteiger charge is -2.00. The fourth-order valence-electron chi connectivity index (χ4n) is 1.93. The highest BCUT2D eigenvalue weighted by atomic mass is 16.6. The Bertz CT molecular complexity index is 943. The van der Waals surface area contributed by atoms with E-state index >= 15 is 0 Å². The van der Waals surface area contributed by atoms with Crippen molar-refractivity contribution < 1.29 is 14.1 Å². The van der Waals surface area contributed by atoms with Gasteiger partial charge in [0.2, 0.25) is 6.33 Å². The second kappa shape index (κ2) is 5.20. The third-order valence-corrected chi connectivity index (χ3v) is 2.94. The van der Waals surface area contributed by atoms with Crippen molar-refractivity contribution in [3.63, 3.8) is 0 Å². The average molecular weight is 300 g/mol. The Balaban J connectivity index is 1.92. The second-order valence-corrected chi connectivity index (χ2v) is 4.41. The van der Waals surface area contributed by atoms with E-state index in [1.807, 2.05) is 0 Å². The summed E-state index contributed by atoms with van der Waals surface area (Å²) in [6, 6.07) is 8.20. The lowest BCUT2D eigenvalue weighted by atomic mass is 10.1. The molecule has 2 heterocycles. The molecule has 0 aliphatic carbocycles. The lowest BCUT2D eigenvalue weighted by Crippen LogP contribution is -2.19. The molecule has 22 heavy (non-hydrogen) atoms. The van der Waals surface area contributed by atoms with Gasteiger partial charge >= 0.3 is 11.6 Å². The smallest absolute Gasteiger partial charge is 0.422 e. The normalized spacial score (nSPS) is 10.7. The van der Waals surface area contributed by atoms with Crippen molar-refractivity contribution in [3.05, 3.63) is 62.8 Å². The summed E-state index contributed by atoms with van der Waals surface area (Å²) in [6.07, 6.45) is 1.05. The van der Waals surface area contributed by atoms with E-state index in [9.17, 15) is 19.7 Å². The minimum Gasteiger partial charge on any atom is -0.422 e. The van der Waals surface area contributed by atoms with Crippen LogP contribution in [-0.2, 0) is 6.54 Å². The van der Waals surface area contributed by atoms with E-state index < -0.39 is 22.3 Å². The number of nitrogens with zero attached hydrogens (tertiary/aromatic N) is 4. The molecular weight excluding hydrogens is 292 g/mol. The number of nitro groups is 1. The molecule has 1 aromatic carbocycles. The Hall–Kier alpha value is -3.36. The van der Waals surface area contributed by atoms with Crippen LogP contribution in [0.1, 0.15) is 10.4 Å². The number of aromatic nitrogens is 3. The van der Waals surface area contributed by atoms with E-state index in [-0.39, 0.29) is 12.1 Å². The van der Waals surface area contributed by atoms with Crippen LogP contribution in [0.4, 0.5) is 5.95 Å². The molecule has 0 amide bonds. The van der Waals surface area contributed by atoms with Crippen molar-refractivity contribution >= 4 is 22.7 Å². The molecular formula is C13H8N4O5. The second-order valence-electron chi connectivity index (χ2n) is 4.41. The number of fused-ring (bicyclic) bond motifs is 1. The maximum atomic E-state index is 12.1. The number of ketones is 1. The fraction of sp³-hybridized carbons (Fsp3) is 0.0769. The maximum absolute atomic E-state index is 12.1. The molecule has 0 unspecified atom stereocenters. The fourth-order valence-corrected chi connectivity index (χ4v) is 1.93. The highest BCUT2D eigenvalue weighted by Gasteiger charge is 2.19. The summed E-state index contributed by atoms with van der Waals surface area (Å²) in [6.45, 7) is -0.343. The van der Waals surface area contributed by atoms with Crippen molar-refractivity contribution in [2.45, 2.75) is 6.54 Å². The van der Waals surface area contributed by atoms with Gasteiger partial charge in [-0.15, -0.1) is 0 Å². The highest BCUT2D eigenvalue weighted by Crippen LogP contribution is 2.13. The van der Waals surface area contributed by atoms with Gasteiger partial charge in [-0.05, 0) is 17.1 Å². The molecule has 0 radical (unpaired) electrons. The SMILES string of the molecule is O=C(Cn1cnc([N+](=O)[O-])n1)c1cc2ccccc2oc1=O. The summed E-state index contributed by atoms with van der Waals surface area (Å²) < 4.78 is 6.06. The van der Waals surface area contributed by atoms with Gasteiger partial charge in [-0.3, -0.25) is 4.79 Å². The van der Waals surface area contributed by atoms with Crippen molar-refractivity contribution in [3.8, 4) is 0 Å². The van der Waals surface area contributed by atoms with Gasteiger partial charge in [-0.25, -0.2) is 4.79 Å². The molecule has 0 fully saturated rings. The van der Waals surface area contributed by atoms with E-state index in [4.69, 9.17) is 4.42 Å². The van der Waals surface area contributed by atoms with Gasteiger partial charge in [0.1, 0.15) is 17.7 Å². The van der Waals surface area contributed by atoms with Crippen LogP contribution >= 0.6 is 0 Å². The zero-order chi connectivity index (χ0) is 15.7. The summed E-state index contributed by atoms with van der Waals surface area (Å²) >= 11 is 0. The molecule has 2 aromatic heterocycles. The molecule has 0 N–H and O–H groups in total. The van der Waals surface area contributed by atoms with Crippen LogP contribution in [0.5, 0.6) is 0 Å². The average Bonchev–Trinajstić information content (AvgIpc) is 2.95. The quantitative estimate of drug-likeness (QED) is 0.307. The zero-order valence-electron chi connectivity index (χ0n) is 11.0. The molecule has 3 aromatic rings. The van der Waals surface area contributed by atoms with Crippen LogP contribution in [-0.4, -0.2) is 25.5 Å². The predicted molar refractivity (Wildman–Crippen MR) is 73.5 cm³/mol. The number of carbonyl (C=O) groups is 1. The third-order valence-electron chi connectivity index (χ3n) is 2.94. The molecule has 9 heteroatoms. The summed E-state index contributed by atoms with van der Waals surface area (Å²) in [5.41, 5.74) is -0.532. The van der Waals surface area contributed by atoms with Crippen molar-refractivity contribution in [1.29, 1.82) is 0 Å². The van der Waals surface area contributed by atoms with E-state index in [2.05, 4.69) is 10.1 Å². The van der Waals surface area contributed by atoms with E-state index in [0.29, 0.717) is 11.0 Å². The number of hydrogen-bond donors (Lipinski definition) is 0. The van der Waals surface area contributed by atoms with Gasteiger partial charge < -0.3 is 14.5 Å². The molecule has 0 aliphatic heterocycles. The molecule has 0 spiro atoms. The molecule has 0 atom stereocenters. The van der Waals surface area contributed by atoms with Gasteiger partial charge in [0.25, 0.3) is 0 Å².